The molecule has 0 aromatic heterocycles. The molecule has 0 aromatic carbocycles. The van der Waals surface area contributed by atoms with Gasteiger partial charge in [-0.2, -0.15) is 0 Å². The first-order valence-corrected chi connectivity index (χ1v) is 14.8. The molecule has 0 bridgehead atoms. The molecule has 1 aliphatic heterocycles. The van der Waals surface area contributed by atoms with Crippen molar-refractivity contribution >= 4 is 18.4 Å². The molecule has 0 aromatic rings. The minimum atomic E-state index is -1.98. The number of hydrogen-bond donors (Lipinski definition) is 0. The predicted octanol–water partition coefficient (Wildman–Crippen LogP) is 5.80. The van der Waals surface area contributed by atoms with Gasteiger partial charge in [0.05, 0.1) is 0 Å². The van der Waals surface area contributed by atoms with Gasteiger partial charge in [0.15, 0.2) is 0 Å². The van der Waals surface area contributed by atoms with Crippen LogP contribution in [0.2, 0.25) is 8.87 Å². The molecule has 0 saturated heterocycles. The van der Waals surface area contributed by atoms with E-state index in [9.17, 15) is 0 Å². The number of rotatable bonds is 9. The van der Waals surface area contributed by atoms with E-state index in [2.05, 4.69) is 37.0 Å². The molecule has 17 heavy (non-hydrogen) atoms. The van der Waals surface area contributed by atoms with Crippen LogP contribution in [-0.2, 0) is 0 Å². The molecule has 0 fully saturated rings. The molecular formula is C16H30Sn. The van der Waals surface area contributed by atoms with E-state index in [4.69, 9.17) is 0 Å². The Bertz CT molecular complexity index is 255. The van der Waals surface area contributed by atoms with Gasteiger partial charge in [0.2, 0.25) is 0 Å². The summed E-state index contributed by atoms with van der Waals surface area (Å²) in [6.07, 6.45) is 14.8. The topological polar surface area (TPSA) is 0 Å². The van der Waals surface area contributed by atoms with Gasteiger partial charge in [-0.15, -0.1) is 0 Å². The first kappa shape index (κ1) is 15.3. The van der Waals surface area contributed by atoms with Crippen LogP contribution < -0.4 is 0 Å². The molecule has 0 nitrogen and oxygen atoms in total. The van der Waals surface area contributed by atoms with E-state index in [-0.39, 0.29) is 0 Å². The van der Waals surface area contributed by atoms with Crippen molar-refractivity contribution < 1.29 is 0 Å². The third-order valence-corrected chi connectivity index (χ3v) is 18.4. The molecule has 0 radical (unpaired) electrons. The van der Waals surface area contributed by atoms with Crippen molar-refractivity contribution in [2.75, 3.05) is 0 Å². The Balaban J connectivity index is 2.66. The van der Waals surface area contributed by atoms with Gasteiger partial charge < -0.3 is 0 Å². The summed E-state index contributed by atoms with van der Waals surface area (Å²) in [6, 6.07) is 0. The Hall–Kier alpha value is 0.279. The zero-order chi connectivity index (χ0) is 12.6. The molecule has 0 amide bonds. The van der Waals surface area contributed by atoms with E-state index in [1.165, 1.54) is 44.9 Å². The van der Waals surface area contributed by atoms with Gasteiger partial charge in [0.25, 0.3) is 0 Å². The van der Waals surface area contributed by atoms with Gasteiger partial charge in [-0.3, -0.25) is 0 Å². The molecular weight excluding hydrogens is 311 g/mol. The summed E-state index contributed by atoms with van der Waals surface area (Å²) >= 11 is -1.98. The summed E-state index contributed by atoms with van der Waals surface area (Å²) in [7, 11) is 0. The van der Waals surface area contributed by atoms with Gasteiger partial charge in [0.1, 0.15) is 0 Å². The average Bonchev–Trinajstić information content (AvgIpc) is 2.75. The van der Waals surface area contributed by atoms with Crippen molar-refractivity contribution in [3.63, 3.8) is 0 Å². The van der Waals surface area contributed by atoms with E-state index in [1.807, 2.05) is 3.59 Å². The van der Waals surface area contributed by atoms with Crippen LogP contribution in [0.5, 0.6) is 0 Å². The Morgan fingerprint density at radius 3 is 2.00 bits per heavy atom. The Morgan fingerprint density at radius 1 is 0.882 bits per heavy atom. The minimum absolute atomic E-state index is 1.35. The number of unbranched alkanes of at least 4 members (excludes halogenated alkanes) is 3. The predicted molar refractivity (Wildman–Crippen MR) is 81.9 cm³/mol. The third kappa shape index (κ3) is 4.46. The molecule has 98 valence electrons. The standard InChI is InChI=1S/C8H12.2C4H9.Sn/c1-3-5-7-8-6-4-2;2*1-3-4-2;/h1,3,5H,4,6,8H2,2H3;2*1,3-4H2,2H3;. The summed E-state index contributed by atoms with van der Waals surface area (Å²) in [5.41, 5.74) is 0. The Morgan fingerprint density at radius 2 is 1.47 bits per heavy atom. The summed E-state index contributed by atoms with van der Waals surface area (Å²) in [4.78, 5) is 0. The van der Waals surface area contributed by atoms with Crippen molar-refractivity contribution in [1.29, 1.82) is 0 Å². The van der Waals surface area contributed by atoms with Gasteiger partial charge in [-0.25, -0.2) is 0 Å². The second-order valence-electron chi connectivity index (χ2n) is 5.52. The number of allylic oxidation sites excluding steroid dienone is 3. The van der Waals surface area contributed by atoms with Gasteiger partial charge >= 0.3 is 113 Å². The van der Waals surface area contributed by atoms with Crippen LogP contribution in [0.25, 0.3) is 0 Å². The molecule has 0 atom stereocenters. The maximum atomic E-state index is 2.71. The summed E-state index contributed by atoms with van der Waals surface area (Å²) < 4.78 is 7.81. The van der Waals surface area contributed by atoms with Crippen LogP contribution >= 0.6 is 0 Å². The molecule has 0 saturated carbocycles. The number of hydrogen-bond acceptors (Lipinski definition) is 0. The first-order chi connectivity index (χ1) is 8.29. The monoisotopic (exact) mass is 342 g/mol. The Labute approximate surface area is 112 Å². The normalized spacial score (nSPS) is 17.5. The molecule has 1 aliphatic rings. The average molecular weight is 341 g/mol. The van der Waals surface area contributed by atoms with Crippen LogP contribution in [0.15, 0.2) is 19.8 Å². The van der Waals surface area contributed by atoms with Crippen LogP contribution in [-0.4, -0.2) is 18.4 Å². The molecule has 0 N–H and O–H groups in total. The quantitative estimate of drug-likeness (QED) is 0.465. The van der Waals surface area contributed by atoms with Crippen molar-refractivity contribution in [3.05, 3.63) is 19.8 Å². The van der Waals surface area contributed by atoms with Gasteiger partial charge in [-0.1, -0.05) is 0 Å². The zero-order valence-corrected chi connectivity index (χ0v) is 15.0. The van der Waals surface area contributed by atoms with Crippen molar-refractivity contribution in [2.45, 2.75) is 74.6 Å². The van der Waals surface area contributed by atoms with Crippen molar-refractivity contribution in [1.82, 2.24) is 0 Å². The Kier molecular flexibility index (Phi) is 7.57. The summed E-state index contributed by atoms with van der Waals surface area (Å²) in [6.45, 7) is 7.00. The second kappa shape index (κ2) is 8.39. The van der Waals surface area contributed by atoms with E-state index in [0.29, 0.717) is 0 Å². The van der Waals surface area contributed by atoms with Gasteiger partial charge in [-0.05, 0) is 0 Å². The molecule has 1 rings (SSSR count). The third-order valence-electron chi connectivity index (χ3n) is 4.10. The second-order valence-corrected chi connectivity index (χ2v) is 17.8. The van der Waals surface area contributed by atoms with Crippen LogP contribution in [0, 0.1) is 0 Å². The van der Waals surface area contributed by atoms with Crippen LogP contribution in [0.1, 0.15) is 65.7 Å². The molecule has 1 heteroatoms. The molecule has 0 spiro atoms. The van der Waals surface area contributed by atoms with Crippen molar-refractivity contribution in [3.8, 4) is 0 Å². The summed E-state index contributed by atoms with van der Waals surface area (Å²) in [5, 5.41) is 0. The fraction of sp³-hybridized carbons (Fsp3) is 0.750. The van der Waals surface area contributed by atoms with E-state index in [1.54, 1.807) is 8.87 Å². The van der Waals surface area contributed by atoms with E-state index < -0.39 is 18.4 Å². The molecule has 1 heterocycles. The molecule has 0 unspecified atom stereocenters. The van der Waals surface area contributed by atoms with Crippen LogP contribution in [0.4, 0.5) is 0 Å². The van der Waals surface area contributed by atoms with Crippen LogP contribution in [0.3, 0.4) is 0 Å². The zero-order valence-electron chi connectivity index (χ0n) is 12.1. The first-order valence-electron chi connectivity index (χ1n) is 7.68. The summed E-state index contributed by atoms with van der Waals surface area (Å²) in [5.74, 6) is 0. The SMILES string of the molecule is CCCC[C]1=CC=[CH][Sn]1([CH2]CCC)[CH2]CCC. The van der Waals surface area contributed by atoms with Gasteiger partial charge in [0, 0.05) is 0 Å². The fourth-order valence-corrected chi connectivity index (χ4v) is 17.1. The maximum absolute atomic E-state index is 2.71. The fourth-order valence-electron chi connectivity index (χ4n) is 2.92. The molecule has 0 aliphatic carbocycles. The van der Waals surface area contributed by atoms with E-state index in [0.717, 1.165) is 0 Å². The van der Waals surface area contributed by atoms with Crippen molar-refractivity contribution in [2.24, 2.45) is 0 Å². The van der Waals surface area contributed by atoms with E-state index >= 15 is 0 Å².